The first kappa shape index (κ1) is 15.7. The van der Waals surface area contributed by atoms with Crippen LogP contribution in [0.3, 0.4) is 0 Å². The Morgan fingerprint density at radius 2 is 1.57 bits per heavy atom. The number of aryl methyl sites for hydroxylation is 2. The lowest BCUT2D eigenvalue weighted by molar-refractivity contribution is -0.138. The summed E-state index contributed by atoms with van der Waals surface area (Å²) in [5.74, 6) is 0.447. The van der Waals surface area contributed by atoms with E-state index < -0.39 is 11.7 Å². The van der Waals surface area contributed by atoms with E-state index in [1.54, 1.807) is 12.1 Å². The van der Waals surface area contributed by atoms with Gasteiger partial charge in [0.25, 0.3) is 0 Å². The van der Waals surface area contributed by atoms with Crippen molar-refractivity contribution in [3.8, 4) is 11.5 Å². The van der Waals surface area contributed by atoms with Gasteiger partial charge in [-0.05, 0) is 54.8 Å². The molecule has 0 aliphatic heterocycles. The Balaban J connectivity index is 2.34. The van der Waals surface area contributed by atoms with Crippen molar-refractivity contribution in [3.05, 3.63) is 58.7 Å². The molecule has 0 atom stereocenters. The first-order valence-electron chi connectivity index (χ1n) is 6.32. The van der Waals surface area contributed by atoms with Crippen LogP contribution in [-0.4, -0.2) is 0 Å². The first-order valence-corrected chi connectivity index (χ1v) is 6.86. The molecule has 0 heterocycles. The second-order valence-corrected chi connectivity index (χ2v) is 5.07. The molecule has 0 unspecified atom stereocenters. The number of benzene rings is 2. The average molecular weight is 315 g/mol. The van der Waals surface area contributed by atoms with Gasteiger partial charge in [-0.15, -0.1) is 11.6 Å². The molecular weight excluding hydrogens is 301 g/mol. The zero-order chi connectivity index (χ0) is 15.6. The van der Waals surface area contributed by atoms with Crippen LogP contribution in [0, 0.1) is 13.8 Å². The van der Waals surface area contributed by atoms with Crippen molar-refractivity contribution in [3.63, 3.8) is 0 Å². The van der Waals surface area contributed by atoms with E-state index in [-0.39, 0.29) is 17.2 Å². The van der Waals surface area contributed by atoms with Gasteiger partial charge in [-0.25, -0.2) is 0 Å². The van der Waals surface area contributed by atoms with Gasteiger partial charge in [0.1, 0.15) is 11.5 Å². The molecule has 0 N–H and O–H groups in total. The third-order valence-electron chi connectivity index (χ3n) is 3.24. The van der Waals surface area contributed by atoms with Crippen LogP contribution in [0.1, 0.15) is 22.3 Å². The molecule has 0 aliphatic carbocycles. The molecule has 2 aromatic rings. The summed E-state index contributed by atoms with van der Waals surface area (Å²) in [5, 5.41) is 0. The number of hydrogen-bond donors (Lipinski definition) is 0. The summed E-state index contributed by atoms with van der Waals surface area (Å²) >= 11 is 5.55. The third-order valence-corrected chi connectivity index (χ3v) is 3.53. The van der Waals surface area contributed by atoms with Crippen molar-refractivity contribution in [1.29, 1.82) is 0 Å². The molecule has 0 amide bonds. The van der Waals surface area contributed by atoms with Crippen LogP contribution in [0.15, 0.2) is 36.4 Å². The van der Waals surface area contributed by atoms with E-state index in [2.05, 4.69) is 0 Å². The van der Waals surface area contributed by atoms with Gasteiger partial charge in [-0.2, -0.15) is 13.2 Å². The van der Waals surface area contributed by atoms with E-state index in [0.717, 1.165) is 17.2 Å². The molecule has 5 heteroatoms. The molecule has 0 fully saturated rings. The lowest BCUT2D eigenvalue weighted by Gasteiger charge is -2.14. The van der Waals surface area contributed by atoms with E-state index in [4.69, 9.17) is 16.3 Å². The van der Waals surface area contributed by atoms with Crippen LogP contribution < -0.4 is 4.74 Å². The lowest BCUT2D eigenvalue weighted by atomic mass is 10.1. The Morgan fingerprint density at radius 3 is 2.14 bits per heavy atom. The maximum Gasteiger partial charge on any atom is 0.416 e. The molecule has 1 nitrogen and oxygen atoms in total. The number of alkyl halides is 4. The highest BCUT2D eigenvalue weighted by Crippen LogP contribution is 2.36. The largest absolute Gasteiger partial charge is 0.457 e. The third kappa shape index (κ3) is 3.70. The van der Waals surface area contributed by atoms with E-state index in [9.17, 15) is 13.2 Å². The van der Waals surface area contributed by atoms with Crippen molar-refractivity contribution in [2.75, 3.05) is 0 Å². The molecule has 0 aliphatic rings. The quantitative estimate of drug-likeness (QED) is 0.645. The summed E-state index contributed by atoms with van der Waals surface area (Å²) in [6.45, 7) is 3.87. The molecule has 0 bridgehead atoms. The summed E-state index contributed by atoms with van der Waals surface area (Å²) < 4.78 is 44.4. The van der Waals surface area contributed by atoms with E-state index in [0.29, 0.717) is 5.75 Å². The number of halogens is 4. The predicted molar refractivity (Wildman–Crippen MR) is 77.0 cm³/mol. The fraction of sp³-hybridized carbons (Fsp3) is 0.250. The second kappa shape index (κ2) is 5.98. The monoisotopic (exact) mass is 314 g/mol. The van der Waals surface area contributed by atoms with Crippen LogP contribution in [0.5, 0.6) is 11.5 Å². The van der Waals surface area contributed by atoms with Crippen molar-refractivity contribution in [2.24, 2.45) is 0 Å². The second-order valence-electron chi connectivity index (χ2n) is 4.80. The van der Waals surface area contributed by atoms with Crippen LogP contribution in [0.25, 0.3) is 0 Å². The first-order chi connectivity index (χ1) is 9.81. The standard InChI is InChI=1S/C16H14ClF3O/c1-10-3-5-13(7-11(10)2)21-14-6-4-12(9-17)15(8-14)16(18,19)20/h3-8H,9H2,1-2H3. The summed E-state index contributed by atoms with van der Waals surface area (Å²) in [6, 6.07) is 9.19. The molecule has 0 saturated carbocycles. The highest BCUT2D eigenvalue weighted by Gasteiger charge is 2.33. The fourth-order valence-electron chi connectivity index (χ4n) is 1.91. The van der Waals surface area contributed by atoms with Crippen LogP contribution >= 0.6 is 11.6 Å². The topological polar surface area (TPSA) is 9.23 Å². The molecule has 2 rings (SSSR count). The Labute approximate surface area is 126 Å². The maximum atomic E-state index is 13.0. The minimum absolute atomic E-state index is 0.0385. The van der Waals surface area contributed by atoms with Crippen molar-refractivity contribution in [2.45, 2.75) is 25.9 Å². The normalized spacial score (nSPS) is 11.5. The summed E-state index contributed by atoms with van der Waals surface area (Å²) in [6.07, 6.45) is -4.45. The van der Waals surface area contributed by atoms with Gasteiger partial charge in [0, 0.05) is 5.88 Å². The minimum atomic E-state index is -4.45. The van der Waals surface area contributed by atoms with Crippen molar-refractivity contribution >= 4 is 11.6 Å². The Bertz CT molecular complexity index is 650. The highest BCUT2D eigenvalue weighted by molar-refractivity contribution is 6.17. The van der Waals surface area contributed by atoms with Crippen molar-refractivity contribution < 1.29 is 17.9 Å². The smallest absolute Gasteiger partial charge is 0.416 e. The number of rotatable bonds is 3. The molecule has 0 saturated heterocycles. The molecule has 2 aromatic carbocycles. The predicted octanol–water partition coefficient (Wildman–Crippen LogP) is 5.85. The number of ether oxygens (including phenoxy) is 1. The molecule has 0 spiro atoms. The van der Waals surface area contributed by atoms with Gasteiger partial charge in [0.05, 0.1) is 5.56 Å². The maximum absolute atomic E-state index is 13.0. The van der Waals surface area contributed by atoms with Gasteiger partial charge < -0.3 is 4.74 Å². The van der Waals surface area contributed by atoms with Gasteiger partial charge >= 0.3 is 6.18 Å². The van der Waals surface area contributed by atoms with Gasteiger partial charge in [0.15, 0.2) is 0 Å². The average Bonchev–Trinajstić information content (AvgIpc) is 2.42. The molecule has 0 aromatic heterocycles. The number of hydrogen-bond acceptors (Lipinski definition) is 1. The Hall–Kier alpha value is -1.68. The fourth-order valence-corrected chi connectivity index (χ4v) is 2.15. The summed E-state index contributed by atoms with van der Waals surface area (Å²) in [4.78, 5) is 0. The van der Waals surface area contributed by atoms with Crippen LogP contribution in [0.4, 0.5) is 13.2 Å². The Kier molecular flexibility index (Phi) is 4.47. The van der Waals surface area contributed by atoms with Gasteiger partial charge in [-0.3, -0.25) is 0 Å². The SMILES string of the molecule is Cc1ccc(Oc2ccc(CCl)c(C(F)(F)F)c2)cc1C. The van der Waals surface area contributed by atoms with Gasteiger partial charge in [-0.1, -0.05) is 12.1 Å². The minimum Gasteiger partial charge on any atom is -0.457 e. The van der Waals surface area contributed by atoms with Crippen molar-refractivity contribution in [1.82, 2.24) is 0 Å². The zero-order valence-electron chi connectivity index (χ0n) is 11.6. The van der Waals surface area contributed by atoms with E-state index in [1.807, 2.05) is 19.9 Å². The molecule has 112 valence electrons. The van der Waals surface area contributed by atoms with Crippen LogP contribution in [-0.2, 0) is 12.1 Å². The van der Waals surface area contributed by atoms with Crippen LogP contribution in [0.2, 0.25) is 0 Å². The lowest BCUT2D eigenvalue weighted by Crippen LogP contribution is -2.08. The molecule has 21 heavy (non-hydrogen) atoms. The van der Waals surface area contributed by atoms with Gasteiger partial charge in [0.2, 0.25) is 0 Å². The molecule has 0 radical (unpaired) electrons. The molecular formula is C16H14ClF3O. The summed E-state index contributed by atoms with van der Waals surface area (Å²) in [7, 11) is 0. The highest BCUT2D eigenvalue weighted by atomic mass is 35.5. The summed E-state index contributed by atoms with van der Waals surface area (Å²) in [5.41, 5.74) is 1.38. The Morgan fingerprint density at radius 1 is 0.952 bits per heavy atom. The van der Waals surface area contributed by atoms with E-state index in [1.165, 1.54) is 12.1 Å². The zero-order valence-corrected chi connectivity index (χ0v) is 12.3. The van der Waals surface area contributed by atoms with E-state index >= 15 is 0 Å².